The molecule has 1 fully saturated rings. The standard InChI is InChI=1S/C14H18F2N2O3S/c1-3-17-13(19)14(2)8-11(16)9-18(14)22(20,21)12-6-4-10(15)5-7-12/h4-7,11H,3,8-9H2,1-2H3,(H,17,19). The minimum atomic E-state index is -4.09. The first-order valence-corrected chi connectivity index (χ1v) is 8.36. The maximum atomic E-state index is 13.8. The molecule has 0 radical (unpaired) electrons. The first-order valence-electron chi connectivity index (χ1n) is 6.92. The van der Waals surface area contributed by atoms with Gasteiger partial charge in [0.15, 0.2) is 0 Å². The highest BCUT2D eigenvalue weighted by Gasteiger charge is 2.53. The van der Waals surface area contributed by atoms with Crippen molar-refractivity contribution in [1.82, 2.24) is 9.62 Å². The summed E-state index contributed by atoms with van der Waals surface area (Å²) in [5.41, 5.74) is -1.50. The smallest absolute Gasteiger partial charge is 0.244 e. The van der Waals surface area contributed by atoms with Gasteiger partial charge in [-0.15, -0.1) is 0 Å². The van der Waals surface area contributed by atoms with Crippen LogP contribution < -0.4 is 5.32 Å². The number of carbonyl (C=O) groups is 1. The van der Waals surface area contributed by atoms with E-state index in [4.69, 9.17) is 0 Å². The molecule has 0 spiro atoms. The molecule has 1 saturated heterocycles. The van der Waals surface area contributed by atoms with Gasteiger partial charge in [-0.05, 0) is 38.1 Å². The van der Waals surface area contributed by atoms with Gasteiger partial charge in [0.05, 0.1) is 4.90 Å². The topological polar surface area (TPSA) is 66.5 Å². The highest BCUT2D eigenvalue weighted by molar-refractivity contribution is 7.89. The van der Waals surface area contributed by atoms with Gasteiger partial charge in [-0.25, -0.2) is 17.2 Å². The van der Waals surface area contributed by atoms with Crippen LogP contribution in [0.15, 0.2) is 29.2 Å². The number of nitrogens with zero attached hydrogens (tertiary/aromatic N) is 1. The molecule has 5 nitrogen and oxygen atoms in total. The van der Waals surface area contributed by atoms with Crippen LogP contribution in [0.1, 0.15) is 20.3 Å². The normalized spacial score (nSPS) is 26.1. The summed E-state index contributed by atoms with van der Waals surface area (Å²) in [5.74, 6) is -1.11. The second-order valence-electron chi connectivity index (χ2n) is 5.42. The van der Waals surface area contributed by atoms with Crippen LogP contribution in [0.25, 0.3) is 0 Å². The number of sulfonamides is 1. The van der Waals surface area contributed by atoms with Gasteiger partial charge in [0, 0.05) is 19.5 Å². The largest absolute Gasteiger partial charge is 0.355 e. The predicted molar refractivity (Wildman–Crippen MR) is 76.9 cm³/mol. The number of hydrogen-bond donors (Lipinski definition) is 1. The molecule has 1 N–H and O–H groups in total. The zero-order chi connectivity index (χ0) is 16.5. The number of amides is 1. The summed E-state index contributed by atoms with van der Waals surface area (Å²) >= 11 is 0. The maximum absolute atomic E-state index is 13.8. The van der Waals surface area contributed by atoms with Gasteiger partial charge in [-0.1, -0.05) is 0 Å². The highest BCUT2D eigenvalue weighted by atomic mass is 32.2. The lowest BCUT2D eigenvalue weighted by Gasteiger charge is -2.32. The lowest BCUT2D eigenvalue weighted by molar-refractivity contribution is -0.128. The fraction of sp³-hybridized carbons (Fsp3) is 0.500. The van der Waals surface area contributed by atoms with Crippen molar-refractivity contribution < 1.29 is 22.0 Å². The monoisotopic (exact) mass is 332 g/mol. The van der Waals surface area contributed by atoms with Crippen LogP contribution in [0.3, 0.4) is 0 Å². The van der Waals surface area contributed by atoms with Gasteiger partial charge in [0.2, 0.25) is 15.9 Å². The summed E-state index contributed by atoms with van der Waals surface area (Å²) in [6, 6.07) is 4.24. The van der Waals surface area contributed by atoms with E-state index < -0.39 is 40.0 Å². The van der Waals surface area contributed by atoms with E-state index in [0.717, 1.165) is 28.6 Å². The molecule has 1 aromatic carbocycles. The molecule has 22 heavy (non-hydrogen) atoms. The third-order valence-electron chi connectivity index (χ3n) is 3.76. The van der Waals surface area contributed by atoms with Crippen molar-refractivity contribution in [2.24, 2.45) is 0 Å². The van der Waals surface area contributed by atoms with Gasteiger partial charge in [-0.3, -0.25) is 4.79 Å². The molecule has 1 aromatic rings. The SMILES string of the molecule is CCNC(=O)C1(C)CC(F)CN1S(=O)(=O)c1ccc(F)cc1. The molecule has 2 rings (SSSR count). The van der Waals surface area contributed by atoms with Crippen LogP contribution in [0.4, 0.5) is 8.78 Å². The average molecular weight is 332 g/mol. The number of halogens is 2. The molecule has 122 valence electrons. The van der Waals surface area contributed by atoms with Gasteiger partial charge in [0.25, 0.3) is 0 Å². The Kier molecular flexibility index (Phi) is 4.53. The molecule has 1 aliphatic rings. The zero-order valence-corrected chi connectivity index (χ0v) is 13.2. The number of alkyl halides is 1. The van der Waals surface area contributed by atoms with Crippen molar-refractivity contribution in [3.63, 3.8) is 0 Å². The summed E-state index contributed by atoms with van der Waals surface area (Å²) in [6.45, 7) is 3.02. The summed E-state index contributed by atoms with van der Waals surface area (Å²) in [5, 5.41) is 2.54. The summed E-state index contributed by atoms with van der Waals surface area (Å²) in [4.78, 5) is 12.0. The number of rotatable bonds is 4. The molecule has 2 unspecified atom stereocenters. The van der Waals surface area contributed by atoms with Crippen LogP contribution in [0.5, 0.6) is 0 Å². The van der Waals surface area contributed by atoms with Crippen molar-refractivity contribution in [3.05, 3.63) is 30.1 Å². The van der Waals surface area contributed by atoms with Crippen LogP contribution in [-0.2, 0) is 14.8 Å². The summed E-state index contributed by atoms with van der Waals surface area (Å²) in [6.07, 6.45) is -1.64. The molecular weight excluding hydrogens is 314 g/mol. The van der Waals surface area contributed by atoms with Gasteiger partial charge >= 0.3 is 0 Å². The van der Waals surface area contributed by atoms with Gasteiger partial charge in [-0.2, -0.15) is 4.31 Å². The van der Waals surface area contributed by atoms with Crippen molar-refractivity contribution in [2.75, 3.05) is 13.1 Å². The molecule has 0 bridgehead atoms. The molecule has 1 amide bonds. The van der Waals surface area contributed by atoms with E-state index in [2.05, 4.69) is 5.32 Å². The van der Waals surface area contributed by atoms with E-state index in [-0.39, 0.29) is 11.3 Å². The zero-order valence-electron chi connectivity index (χ0n) is 12.3. The van der Waals surface area contributed by atoms with Gasteiger partial charge in [0.1, 0.15) is 17.5 Å². The first-order chi connectivity index (χ1) is 10.2. The third kappa shape index (κ3) is 2.85. The Morgan fingerprint density at radius 2 is 2.00 bits per heavy atom. The molecule has 0 saturated carbocycles. The molecule has 0 aromatic heterocycles. The van der Waals surface area contributed by atoms with Gasteiger partial charge < -0.3 is 5.32 Å². The molecular formula is C14H18F2N2O3S. The Morgan fingerprint density at radius 1 is 1.41 bits per heavy atom. The lowest BCUT2D eigenvalue weighted by atomic mass is 9.99. The second-order valence-corrected chi connectivity index (χ2v) is 7.29. The number of hydrogen-bond acceptors (Lipinski definition) is 3. The average Bonchev–Trinajstić information content (AvgIpc) is 2.77. The quantitative estimate of drug-likeness (QED) is 0.908. The molecule has 2 atom stereocenters. The maximum Gasteiger partial charge on any atom is 0.244 e. The Bertz CT molecular complexity index is 663. The van der Waals surface area contributed by atoms with Crippen LogP contribution in [0.2, 0.25) is 0 Å². The Balaban J connectivity index is 2.43. The van der Waals surface area contributed by atoms with Crippen LogP contribution in [0, 0.1) is 5.82 Å². The van der Waals surface area contributed by atoms with E-state index in [0.29, 0.717) is 6.54 Å². The molecule has 1 heterocycles. The molecule has 0 aliphatic carbocycles. The lowest BCUT2D eigenvalue weighted by Crippen LogP contribution is -2.55. The van der Waals surface area contributed by atoms with E-state index >= 15 is 0 Å². The minimum Gasteiger partial charge on any atom is -0.355 e. The summed E-state index contributed by atoms with van der Waals surface area (Å²) < 4.78 is 53.0. The fourth-order valence-electron chi connectivity index (χ4n) is 2.63. The van der Waals surface area contributed by atoms with E-state index in [1.165, 1.54) is 6.92 Å². The predicted octanol–water partition coefficient (Wildman–Crippen LogP) is 1.45. The van der Waals surface area contributed by atoms with Crippen LogP contribution in [-0.4, -0.2) is 43.4 Å². The molecule has 8 heteroatoms. The van der Waals surface area contributed by atoms with Crippen molar-refractivity contribution in [2.45, 2.75) is 36.9 Å². The molecule has 1 aliphatic heterocycles. The minimum absolute atomic E-state index is 0.168. The number of nitrogens with one attached hydrogen (secondary N) is 1. The second kappa shape index (κ2) is 5.92. The van der Waals surface area contributed by atoms with E-state index in [9.17, 15) is 22.0 Å². The number of likely N-dealkylation sites (N-methyl/N-ethyl adjacent to an activating group) is 1. The highest BCUT2D eigenvalue weighted by Crippen LogP contribution is 2.36. The Morgan fingerprint density at radius 3 is 2.55 bits per heavy atom. The Hall–Kier alpha value is -1.54. The third-order valence-corrected chi connectivity index (χ3v) is 5.76. The van der Waals surface area contributed by atoms with Crippen molar-refractivity contribution >= 4 is 15.9 Å². The summed E-state index contributed by atoms with van der Waals surface area (Å²) in [7, 11) is -4.09. The van der Waals surface area contributed by atoms with E-state index in [1.807, 2.05) is 0 Å². The van der Waals surface area contributed by atoms with Crippen molar-refractivity contribution in [1.29, 1.82) is 0 Å². The number of carbonyl (C=O) groups excluding carboxylic acids is 1. The first kappa shape index (κ1) is 16.8. The Labute approximate surface area is 128 Å². The van der Waals surface area contributed by atoms with Crippen LogP contribution >= 0.6 is 0 Å². The van der Waals surface area contributed by atoms with E-state index in [1.54, 1.807) is 6.92 Å². The van der Waals surface area contributed by atoms with Crippen molar-refractivity contribution in [3.8, 4) is 0 Å². The number of benzene rings is 1. The fourth-order valence-corrected chi connectivity index (χ4v) is 4.41.